The van der Waals surface area contributed by atoms with E-state index in [1.807, 2.05) is 19.1 Å². The van der Waals surface area contributed by atoms with Crippen LogP contribution in [0.5, 0.6) is 0 Å². The highest BCUT2D eigenvalue weighted by Gasteiger charge is 2.39. The zero-order valence-electron chi connectivity index (χ0n) is 15.4. The standard InChI is InChI=1S/C19H25NO5S2/c1-14-6-7-17(26-14)8-9-19(22)25-12-18(21)20(15-4-2-3-5-15)16-10-11-27(23,24)13-16/h6-9,15-16H,2-5,10-13H2,1H3/b9-8+/t16-/m0/s1. The molecule has 8 heteroatoms. The van der Waals surface area contributed by atoms with Crippen molar-refractivity contribution >= 4 is 39.1 Å². The molecule has 0 N–H and O–H groups in total. The van der Waals surface area contributed by atoms with E-state index >= 15 is 0 Å². The van der Waals surface area contributed by atoms with E-state index in [9.17, 15) is 18.0 Å². The summed E-state index contributed by atoms with van der Waals surface area (Å²) in [6.07, 6.45) is 7.30. The molecule has 1 saturated carbocycles. The Balaban J connectivity index is 1.59. The number of carbonyl (C=O) groups is 2. The number of sulfone groups is 1. The maximum atomic E-state index is 12.7. The molecule has 2 heterocycles. The quantitative estimate of drug-likeness (QED) is 0.531. The minimum atomic E-state index is -3.08. The first kappa shape index (κ1) is 20.1. The van der Waals surface area contributed by atoms with Gasteiger partial charge >= 0.3 is 5.97 Å². The Morgan fingerprint density at radius 2 is 1.96 bits per heavy atom. The normalized spacial score (nSPS) is 22.3. The second kappa shape index (κ2) is 8.56. The first-order chi connectivity index (χ1) is 12.8. The zero-order chi connectivity index (χ0) is 19.4. The van der Waals surface area contributed by atoms with Crippen molar-refractivity contribution in [3.8, 4) is 0 Å². The van der Waals surface area contributed by atoms with Crippen molar-refractivity contribution in [2.24, 2.45) is 0 Å². The van der Waals surface area contributed by atoms with Crippen LogP contribution in [0.25, 0.3) is 6.08 Å². The summed E-state index contributed by atoms with van der Waals surface area (Å²) in [6, 6.07) is 3.64. The molecule has 1 saturated heterocycles. The minimum Gasteiger partial charge on any atom is -0.452 e. The lowest BCUT2D eigenvalue weighted by molar-refractivity contribution is -0.150. The molecule has 2 aliphatic rings. The second-order valence-electron chi connectivity index (χ2n) is 7.19. The van der Waals surface area contributed by atoms with Crippen LogP contribution in [0.1, 0.15) is 41.9 Å². The molecule has 3 rings (SSSR count). The minimum absolute atomic E-state index is 0.0147. The van der Waals surface area contributed by atoms with Crippen LogP contribution in [-0.2, 0) is 24.2 Å². The molecule has 6 nitrogen and oxygen atoms in total. The first-order valence-corrected chi connectivity index (χ1v) is 11.9. The molecule has 1 aromatic heterocycles. The van der Waals surface area contributed by atoms with Crippen LogP contribution in [0, 0.1) is 6.92 Å². The van der Waals surface area contributed by atoms with Crippen molar-refractivity contribution in [3.05, 3.63) is 28.0 Å². The van der Waals surface area contributed by atoms with Gasteiger partial charge in [0.2, 0.25) is 0 Å². The summed E-state index contributed by atoms with van der Waals surface area (Å²) < 4.78 is 28.8. The van der Waals surface area contributed by atoms with Gasteiger partial charge in [-0.25, -0.2) is 13.2 Å². The number of hydrogen-bond donors (Lipinski definition) is 0. The number of rotatable bonds is 6. The van der Waals surface area contributed by atoms with Crippen molar-refractivity contribution in [2.75, 3.05) is 18.1 Å². The van der Waals surface area contributed by atoms with Gasteiger partial charge in [0.15, 0.2) is 16.4 Å². The third-order valence-electron chi connectivity index (χ3n) is 5.09. The van der Waals surface area contributed by atoms with Gasteiger partial charge in [0.1, 0.15) is 0 Å². The number of hydrogen-bond acceptors (Lipinski definition) is 6. The van der Waals surface area contributed by atoms with Crippen LogP contribution in [0.3, 0.4) is 0 Å². The molecule has 1 aliphatic carbocycles. The maximum absolute atomic E-state index is 12.7. The lowest BCUT2D eigenvalue weighted by Crippen LogP contribution is -2.48. The van der Waals surface area contributed by atoms with E-state index in [1.165, 1.54) is 6.08 Å². The van der Waals surface area contributed by atoms with Gasteiger partial charge in [0.25, 0.3) is 5.91 Å². The Morgan fingerprint density at radius 3 is 2.56 bits per heavy atom. The molecule has 0 aromatic carbocycles. The number of ether oxygens (including phenoxy) is 1. The summed E-state index contributed by atoms with van der Waals surface area (Å²) >= 11 is 1.57. The van der Waals surface area contributed by atoms with Crippen molar-refractivity contribution in [1.29, 1.82) is 0 Å². The van der Waals surface area contributed by atoms with Gasteiger partial charge < -0.3 is 9.64 Å². The molecule has 27 heavy (non-hydrogen) atoms. The van der Waals surface area contributed by atoms with Crippen molar-refractivity contribution < 1.29 is 22.7 Å². The highest BCUT2D eigenvalue weighted by atomic mass is 32.2. The van der Waals surface area contributed by atoms with Gasteiger partial charge in [-0.2, -0.15) is 0 Å². The summed E-state index contributed by atoms with van der Waals surface area (Å²) in [7, 11) is -3.08. The fraction of sp³-hybridized carbons (Fsp3) is 0.579. The fourth-order valence-electron chi connectivity index (χ4n) is 3.83. The Hall–Kier alpha value is -1.67. The average molecular weight is 412 g/mol. The molecule has 0 bridgehead atoms. The van der Waals surface area contributed by atoms with Gasteiger partial charge in [-0.05, 0) is 44.4 Å². The van der Waals surface area contributed by atoms with E-state index in [2.05, 4.69) is 0 Å². The van der Waals surface area contributed by atoms with Crippen molar-refractivity contribution in [1.82, 2.24) is 4.90 Å². The van der Waals surface area contributed by atoms with Crippen LogP contribution in [0.2, 0.25) is 0 Å². The van der Waals surface area contributed by atoms with E-state index < -0.39 is 15.8 Å². The Morgan fingerprint density at radius 1 is 1.22 bits per heavy atom. The van der Waals surface area contributed by atoms with Gasteiger partial charge in [-0.15, -0.1) is 11.3 Å². The largest absolute Gasteiger partial charge is 0.452 e. The van der Waals surface area contributed by atoms with E-state index in [0.717, 1.165) is 35.4 Å². The van der Waals surface area contributed by atoms with Gasteiger partial charge in [0, 0.05) is 27.9 Å². The Labute approximate surface area is 164 Å². The van der Waals surface area contributed by atoms with Crippen LogP contribution in [-0.4, -0.2) is 55.4 Å². The summed E-state index contributed by atoms with van der Waals surface area (Å²) in [5.74, 6) is -0.727. The van der Waals surface area contributed by atoms with E-state index in [-0.39, 0.29) is 36.1 Å². The molecule has 1 aliphatic heterocycles. The highest BCUT2D eigenvalue weighted by Crippen LogP contribution is 2.29. The van der Waals surface area contributed by atoms with E-state index in [4.69, 9.17) is 4.74 Å². The third-order valence-corrected chi connectivity index (χ3v) is 7.81. The van der Waals surface area contributed by atoms with Gasteiger partial charge in [-0.1, -0.05) is 12.8 Å². The molecule has 0 unspecified atom stereocenters. The smallest absolute Gasteiger partial charge is 0.331 e. The zero-order valence-corrected chi connectivity index (χ0v) is 17.1. The maximum Gasteiger partial charge on any atom is 0.331 e. The predicted octanol–water partition coefficient (Wildman–Crippen LogP) is 2.57. The van der Waals surface area contributed by atoms with Crippen LogP contribution in [0.4, 0.5) is 0 Å². The molecular formula is C19H25NO5S2. The van der Waals surface area contributed by atoms with E-state index in [1.54, 1.807) is 22.3 Å². The van der Waals surface area contributed by atoms with Crippen LogP contribution >= 0.6 is 11.3 Å². The third kappa shape index (κ3) is 5.42. The number of esters is 1. The van der Waals surface area contributed by atoms with Crippen LogP contribution < -0.4 is 0 Å². The summed E-state index contributed by atoms with van der Waals surface area (Å²) in [6.45, 7) is 1.64. The number of thiophene rings is 1. The molecule has 2 fully saturated rings. The topological polar surface area (TPSA) is 80.8 Å². The SMILES string of the molecule is Cc1ccc(/C=C/C(=O)OCC(=O)N(C2CCCC2)[C@H]2CCS(=O)(=O)C2)s1. The summed E-state index contributed by atoms with van der Waals surface area (Å²) in [5.41, 5.74) is 0. The second-order valence-corrected chi connectivity index (χ2v) is 10.7. The van der Waals surface area contributed by atoms with Gasteiger partial charge in [-0.3, -0.25) is 4.79 Å². The van der Waals surface area contributed by atoms with Gasteiger partial charge in [0.05, 0.1) is 11.5 Å². The first-order valence-electron chi connectivity index (χ1n) is 9.27. The number of carbonyl (C=O) groups excluding carboxylic acids is 2. The molecule has 1 aromatic rings. The lowest BCUT2D eigenvalue weighted by Gasteiger charge is -2.33. The van der Waals surface area contributed by atoms with Crippen molar-refractivity contribution in [2.45, 2.75) is 51.1 Å². The molecular weight excluding hydrogens is 386 g/mol. The molecule has 1 atom stereocenters. The number of amides is 1. The number of aryl methyl sites for hydroxylation is 1. The fourth-order valence-corrected chi connectivity index (χ4v) is 6.32. The van der Waals surface area contributed by atoms with Crippen LogP contribution in [0.15, 0.2) is 18.2 Å². The number of nitrogens with zero attached hydrogens (tertiary/aromatic N) is 1. The van der Waals surface area contributed by atoms with Crippen molar-refractivity contribution in [3.63, 3.8) is 0 Å². The lowest BCUT2D eigenvalue weighted by atomic mass is 10.1. The predicted molar refractivity (Wildman–Crippen MR) is 105 cm³/mol. The monoisotopic (exact) mass is 411 g/mol. The molecule has 148 valence electrons. The molecule has 1 amide bonds. The average Bonchev–Trinajstić information content (AvgIpc) is 3.34. The molecule has 0 spiro atoms. The molecule has 0 radical (unpaired) electrons. The van der Waals surface area contributed by atoms with E-state index in [0.29, 0.717) is 6.42 Å². The summed E-state index contributed by atoms with van der Waals surface area (Å²) in [4.78, 5) is 28.5. The highest BCUT2D eigenvalue weighted by molar-refractivity contribution is 7.91. The summed E-state index contributed by atoms with van der Waals surface area (Å²) in [5, 5.41) is 0. The Kier molecular flexibility index (Phi) is 6.37. The Bertz CT molecular complexity index is 821.